The fraction of sp³-hybridized carbons (Fsp3) is 0. The summed E-state index contributed by atoms with van der Waals surface area (Å²) in [4.78, 5) is 20.8. The topological polar surface area (TPSA) is 93.6 Å². The van der Waals surface area contributed by atoms with Crippen LogP contribution in [-0.4, -0.2) is 16.0 Å². The van der Waals surface area contributed by atoms with Crippen molar-refractivity contribution in [2.75, 3.05) is 0 Å². The van der Waals surface area contributed by atoms with Crippen LogP contribution < -0.4 is 0 Å². The molecule has 0 bridgehead atoms. The molecule has 6 nitrogen and oxygen atoms in total. The van der Waals surface area contributed by atoms with Gasteiger partial charge in [0.05, 0.1) is 10.5 Å². The standard InChI is InChI=1S/C13H9NO5.ClH/c15-13(16)8-6-9-5-7-12(19-9)10-3-1-2-4-11(10)14(17)18;/h1-8H,(H,15,16);1H. The van der Waals surface area contributed by atoms with Gasteiger partial charge < -0.3 is 9.52 Å². The molecule has 1 aromatic carbocycles. The summed E-state index contributed by atoms with van der Waals surface area (Å²) in [6, 6.07) is 9.29. The first kappa shape index (κ1) is 15.5. The number of nitro groups is 1. The molecule has 0 atom stereocenters. The zero-order valence-electron chi connectivity index (χ0n) is 10.1. The van der Waals surface area contributed by atoms with Crippen LogP contribution in [0.1, 0.15) is 5.76 Å². The molecular weight excluding hydrogens is 286 g/mol. The van der Waals surface area contributed by atoms with Crippen LogP contribution in [0, 0.1) is 10.1 Å². The molecule has 20 heavy (non-hydrogen) atoms. The molecule has 0 spiro atoms. The number of carboxylic acids is 1. The van der Waals surface area contributed by atoms with E-state index in [0.29, 0.717) is 17.1 Å². The number of carbonyl (C=O) groups is 1. The number of hydrogen-bond acceptors (Lipinski definition) is 4. The van der Waals surface area contributed by atoms with E-state index < -0.39 is 10.9 Å². The lowest BCUT2D eigenvalue weighted by atomic mass is 10.1. The maximum Gasteiger partial charge on any atom is 0.328 e. The van der Waals surface area contributed by atoms with Crippen LogP contribution in [0.4, 0.5) is 5.69 Å². The largest absolute Gasteiger partial charge is 0.478 e. The second kappa shape index (κ2) is 6.53. The van der Waals surface area contributed by atoms with E-state index >= 15 is 0 Å². The minimum Gasteiger partial charge on any atom is -0.478 e. The maximum absolute atomic E-state index is 10.9. The smallest absolute Gasteiger partial charge is 0.328 e. The number of carboxylic acid groups (broad SMARTS) is 1. The Morgan fingerprint density at radius 3 is 2.60 bits per heavy atom. The van der Waals surface area contributed by atoms with Gasteiger partial charge in [0, 0.05) is 12.1 Å². The summed E-state index contributed by atoms with van der Waals surface area (Å²) in [5.41, 5.74) is 0.285. The highest BCUT2D eigenvalue weighted by atomic mass is 35.5. The van der Waals surface area contributed by atoms with Crippen LogP contribution in [-0.2, 0) is 4.79 Å². The Bertz CT molecular complexity index is 662. The minimum absolute atomic E-state index is 0. The third kappa shape index (κ3) is 3.46. The molecule has 0 aliphatic heterocycles. The molecule has 0 saturated heterocycles. The van der Waals surface area contributed by atoms with Crippen molar-refractivity contribution in [2.24, 2.45) is 0 Å². The summed E-state index contributed by atoms with van der Waals surface area (Å²) in [6.07, 6.45) is 2.21. The molecule has 0 saturated carbocycles. The summed E-state index contributed by atoms with van der Waals surface area (Å²) in [7, 11) is 0. The lowest BCUT2D eigenvalue weighted by Gasteiger charge is -1.98. The van der Waals surface area contributed by atoms with Gasteiger partial charge in [-0.05, 0) is 24.3 Å². The molecule has 0 aliphatic carbocycles. The van der Waals surface area contributed by atoms with Gasteiger partial charge in [0.25, 0.3) is 5.69 Å². The first-order valence-corrected chi connectivity index (χ1v) is 5.32. The number of hydrogen-bond donors (Lipinski definition) is 1. The highest BCUT2D eigenvalue weighted by Crippen LogP contribution is 2.30. The molecule has 2 aromatic rings. The van der Waals surface area contributed by atoms with Crippen LogP contribution in [0.15, 0.2) is 46.9 Å². The van der Waals surface area contributed by atoms with Gasteiger partial charge in [-0.2, -0.15) is 0 Å². The van der Waals surface area contributed by atoms with E-state index in [1.165, 1.54) is 12.1 Å². The molecule has 1 aromatic heterocycles. The van der Waals surface area contributed by atoms with Crippen molar-refractivity contribution in [2.45, 2.75) is 0 Å². The van der Waals surface area contributed by atoms with E-state index in [9.17, 15) is 14.9 Å². The number of aliphatic carboxylic acids is 1. The first-order valence-electron chi connectivity index (χ1n) is 5.32. The highest BCUT2D eigenvalue weighted by Gasteiger charge is 2.16. The zero-order valence-corrected chi connectivity index (χ0v) is 10.9. The average Bonchev–Trinajstić information content (AvgIpc) is 2.85. The zero-order chi connectivity index (χ0) is 13.8. The molecule has 0 amide bonds. The lowest BCUT2D eigenvalue weighted by Crippen LogP contribution is -1.90. The molecule has 2 rings (SSSR count). The molecule has 0 unspecified atom stereocenters. The molecule has 7 heteroatoms. The Morgan fingerprint density at radius 1 is 1.25 bits per heavy atom. The SMILES string of the molecule is Cl.O=C(O)C=Cc1ccc(-c2ccccc2[N+](=O)[O-])o1. The van der Waals surface area contributed by atoms with E-state index in [1.807, 2.05) is 0 Å². The number of para-hydroxylation sites is 1. The van der Waals surface area contributed by atoms with Crippen LogP contribution in [0.2, 0.25) is 0 Å². The van der Waals surface area contributed by atoms with Gasteiger partial charge in [-0.1, -0.05) is 12.1 Å². The number of benzene rings is 1. The fourth-order valence-corrected chi connectivity index (χ4v) is 1.58. The quantitative estimate of drug-likeness (QED) is 0.530. The van der Waals surface area contributed by atoms with Crippen molar-refractivity contribution in [3.8, 4) is 11.3 Å². The monoisotopic (exact) mass is 295 g/mol. The van der Waals surface area contributed by atoms with Gasteiger partial charge in [0.2, 0.25) is 0 Å². The van der Waals surface area contributed by atoms with E-state index in [-0.39, 0.29) is 18.1 Å². The Hall–Kier alpha value is -2.60. The van der Waals surface area contributed by atoms with Crippen molar-refractivity contribution in [1.82, 2.24) is 0 Å². The number of halogens is 1. The lowest BCUT2D eigenvalue weighted by molar-refractivity contribution is -0.384. The van der Waals surface area contributed by atoms with Crippen molar-refractivity contribution in [3.05, 3.63) is 58.3 Å². The highest BCUT2D eigenvalue weighted by molar-refractivity contribution is 5.85. The average molecular weight is 296 g/mol. The molecular formula is C13H10ClNO5. The molecule has 0 radical (unpaired) electrons. The Labute approximate surface area is 119 Å². The summed E-state index contributed by atoms with van der Waals surface area (Å²) in [5, 5.41) is 19.4. The van der Waals surface area contributed by atoms with Gasteiger partial charge in [0.15, 0.2) is 0 Å². The maximum atomic E-state index is 10.9. The minimum atomic E-state index is -1.09. The normalized spacial score (nSPS) is 10.2. The number of rotatable bonds is 4. The first-order chi connectivity index (χ1) is 9.08. The van der Waals surface area contributed by atoms with Crippen molar-refractivity contribution in [1.29, 1.82) is 0 Å². The van der Waals surface area contributed by atoms with Gasteiger partial charge in [-0.3, -0.25) is 10.1 Å². The Balaban J connectivity index is 0.00000200. The van der Waals surface area contributed by atoms with Gasteiger partial charge in [0.1, 0.15) is 11.5 Å². The van der Waals surface area contributed by atoms with Crippen LogP contribution in [0.25, 0.3) is 17.4 Å². The number of nitrogens with zero attached hydrogens (tertiary/aromatic N) is 1. The van der Waals surface area contributed by atoms with Crippen molar-refractivity contribution in [3.63, 3.8) is 0 Å². The predicted octanol–water partition coefficient (Wildman–Crippen LogP) is 3.37. The summed E-state index contributed by atoms with van der Waals surface area (Å²) < 4.78 is 5.36. The molecule has 1 N–H and O–H groups in total. The second-order valence-electron chi connectivity index (χ2n) is 3.65. The van der Waals surface area contributed by atoms with E-state index in [0.717, 1.165) is 6.08 Å². The van der Waals surface area contributed by atoms with Gasteiger partial charge >= 0.3 is 5.97 Å². The molecule has 0 aliphatic rings. The van der Waals surface area contributed by atoms with Crippen LogP contribution in [0.3, 0.4) is 0 Å². The van der Waals surface area contributed by atoms with Gasteiger partial charge in [-0.15, -0.1) is 12.4 Å². The molecule has 104 valence electrons. The summed E-state index contributed by atoms with van der Waals surface area (Å²) >= 11 is 0. The van der Waals surface area contributed by atoms with E-state index in [1.54, 1.807) is 30.3 Å². The second-order valence-corrected chi connectivity index (χ2v) is 3.65. The van der Waals surface area contributed by atoms with Gasteiger partial charge in [-0.25, -0.2) is 4.79 Å². The predicted molar refractivity (Wildman–Crippen MR) is 74.7 cm³/mol. The van der Waals surface area contributed by atoms with Crippen LogP contribution >= 0.6 is 12.4 Å². The number of nitro benzene ring substituents is 1. The molecule has 0 fully saturated rings. The van der Waals surface area contributed by atoms with Crippen molar-refractivity contribution < 1.29 is 19.2 Å². The molecule has 1 heterocycles. The fourth-order valence-electron chi connectivity index (χ4n) is 1.58. The number of furan rings is 1. The van der Waals surface area contributed by atoms with E-state index in [4.69, 9.17) is 9.52 Å². The third-order valence-corrected chi connectivity index (χ3v) is 2.38. The summed E-state index contributed by atoms with van der Waals surface area (Å²) in [6.45, 7) is 0. The van der Waals surface area contributed by atoms with Crippen molar-refractivity contribution >= 4 is 30.1 Å². The van der Waals surface area contributed by atoms with Crippen LogP contribution in [0.5, 0.6) is 0 Å². The third-order valence-electron chi connectivity index (χ3n) is 2.38. The Morgan fingerprint density at radius 2 is 1.95 bits per heavy atom. The Kier molecular flexibility index (Phi) is 5.05. The van der Waals surface area contributed by atoms with E-state index in [2.05, 4.69) is 0 Å². The summed E-state index contributed by atoms with van der Waals surface area (Å²) in [5.74, 6) is -0.462.